The van der Waals surface area contributed by atoms with Crippen LogP contribution in [0.25, 0.3) is 0 Å². The van der Waals surface area contributed by atoms with Crippen molar-refractivity contribution in [3.8, 4) is 5.75 Å². The van der Waals surface area contributed by atoms with E-state index in [-0.39, 0.29) is 17.5 Å². The zero-order valence-electron chi connectivity index (χ0n) is 11.6. The Kier molecular flexibility index (Phi) is 4.90. The minimum absolute atomic E-state index is 0.103. The third-order valence-electron chi connectivity index (χ3n) is 2.93. The van der Waals surface area contributed by atoms with Gasteiger partial charge in [0.25, 0.3) is 5.91 Å². The molecule has 0 spiro atoms. The van der Waals surface area contributed by atoms with Crippen LogP contribution < -0.4 is 15.8 Å². The highest BCUT2D eigenvalue weighted by atomic mass is 32.1. The number of benzene rings is 2. The molecule has 0 saturated heterocycles. The van der Waals surface area contributed by atoms with E-state index in [2.05, 4.69) is 5.32 Å². The number of hydrogen-bond acceptors (Lipinski definition) is 3. The van der Waals surface area contributed by atoms with Gasteiger partial charge in [-0.05, 0) is 30.7 Å². The molecule has 2 aromatic carbocycles. The molecule has 0 aliphatic heterocycles. The molecule has 1 amide bonds. The second-order valence-electron chi connectivity index (χ2n) is 4.51. The lowest BCUT2D eigenvalue weighted by Gasteiger charge is -2.11. The van der Waals surface area contributed by atoms with Crippen LogP contribution in [0.3, 0.4) is 0 Å². The Morgan fingerprint density at radius 2 is 1.86 bits per heavy atom. The molecule has 0 fully saturated rings. The third-order valence-corrected chi connectivity index (χ3v) is 3.15. The maximum atomic E-state index is 11.9. The summed E-state index contributed by atoms with van der Waals surface area (Å²) in [5.41, 5.74) is 8.00. The zero-order valence-corrected chi connectivity index (χ0v) is 12.4. The fourth-order valence-electron chi connectivity index (χ4n) is 1.84. The minimum Gasteiger partial charge on any atom is -0.483 e. The molecule has 0 unspecified atom stereocenters. The summed E-state index contributed by atoms with van der Waals surface area (Å²) in [5.74, 6) is 0.270. The van der Waals surface area contributed by atoms with Crippen LogP contribution in [0.15, 0.2) is 48.5 Å². The lowest BCUT2D eigenvalue weighted by molar-refractivity contribution is -0.118. The Morgan fingerprint density at radius 1 is 1.19 bits per heavy atom. The SMILES string of the molecule is Cc1ccccc1NC(=O)COc1ccccc1C(N)=S. The second kappa shape index (κ2) is 6.85. The average molecular weight is 300 g/mol. The van der Waals surface area contributed by atoms with E-state index in [4.69, 9.17) is 22.7 Å². The molecule has 0 saturated carbocycles. The maximum absolute atomic E-state index is 11.9. The summed E-state index contributed by atoms with van der Waals surface area (Å²) in [7, 11) is 0. The summed E-state index contributed by atoms with van der Waals surface area (Å²) < 4.78 is 5.49. The first kappa shape index (κ1) is 15.0. The highest BCUT2D eigenvalue weighted by Crippen LogP contribution is 2.18. The standard InChI is InChI=1S/C16H16N2O2S/c1-11-6-2-4-8-13(11)18-15(19)10-20-14-9-5-3-7-12(14)16(17)21/h2-9H,10H2,1H3,(H2,17,21)(H,18,19). The molecule has 5 heteroatoms. The molecule has 2 aromatic rings. The number of nitrogens with two attached hydrogens (primary N) is 1. The van der Waals surface area contributed by atoms with E-state index in [1.54, 1.807) is 18.2 Å². The quantitative estimate of drug-likeness (QED) is 0.833. The Balaban J connectivity index is 1.99. The Morgan fingerprint density at radius 3 is 2.57 bits per heavy atom. The van der Waals surface area contributed by atoms with Gasteiger partial charge in [0.2, 0.25) is 0 Å². The largest absolute Gasteiger partial charge is 0.483 e. The van der Waals surface area contributed by atoms with E-state index in [0.29, 0.717) is 11.3 Å². The number of amides is 1. The summed E-state index contributed by atoms with van der Waals surface area (Å²) in [6, 6.07) is 14.7. The maximum Gasteiger partial charge on any atom is 0.262 e. The highest BCUT2D eigenvalue weighted by molar-refractivity contribution is 7.80. The van der Waals surface area contributed by atoms with E-state index in [1.165, 1.54) is 0 Å². The number of rotatable bonds is 5. The first-order chi connectivity index (χ1) is 10.1. The lowest BCUT2D eigenvalue weighted by atomic mass is 10.2. The molecule has 3 N–H and O–H groups in total. The molecule has 21 heavy (non-hydrogen) atoms. The molecule has 0 radical (unpaired) electrons. The minimum atomic E-state index is -0.234. The fourth-order valence-corrected chi connectivity index (χ4v) is 2.01. The van der Waals surface area contributed by atoms with Gasteiger partial charge in [-0.1, -0.05) is 42.5 Å². The molecule has 2 rings (SSSR count). The first-order valence-electron chi connectivity index (χ1n) is 6.45. The predicted molar refractivity (Wildman–Crippen MR) is 87.6 cm³/mol. The number of aryl methyl sites for hydroxylation is 1. The average Bonchev–Trinajstić information content (AvgIpc) is 2.48. The van der Waals surface area contributed by atoms with Crippen LogP contribution in [0.2, 0.25) is 0 Å². The summed E-state index contributed by atoms with van der Waals surface area (Å²) in [5, 5.41) is 2.80. The number of carbonyl (C=O) groups excluding carboxylic acids is 1. The van der Waals surface area contributed by atoms with E-state index in [0.717, 1.165) is 11.3 Å². The van der Waals surface area contributed by atoms with Crippen LogP contribution in [-0.2, 0) is 4.79 Å². The monoisotopic (exact) mass is 300 g/mol. The number of ether oxygens (including phenoxy) is 1. The van der Waals surface area contributed by atoms with E-state index in [1.807, 2.05) is 37.3 Å². The number of hydrogen-bond donors (Lipinski definition) is 2. The number of carbonyl (C=O) groups is 1. The summed E-state index contributed by atoms with van der Waals surface area (Å²) in [6.07, 6.45) is 0. The van der Waals surface area contributed by atoms with Crippen molar-refractivity contribution in [2.24, 2.45) is 5.73 Å². The van der Waals surface area contributed by atoms with Crippen LogP contribution in [0.1, 0.15) is 11.1 Å². The molecule has 0 aliphatic carbocycles. The molecule has 108 valence electrons. The highest BCUT2D eigenvalue weighted by Gasteiger charge is 2.09. The van der Waals surface area contributed by atoms with Gasteiger partial charge in [0, 0.05) is 5.69 Å². The van der Waals surface area contributed by atoms with Crippen molar-refractivity contribution in [1.29, 1.82) is 0 Å². The molecular weight excluding hydrogens is 284 g/mol. The number of para-hydroxylation sites is 2. The molecule has 4 nitrogen and oxygen atoms in total. The van der Waals surface area contributed by atoms with Gasteiger partial charge in [0.15, 0.2) is 6.61 Å². The molecule has 0 aliphatic rings. The normalized spacial score (nSPS) is 9.95. The van der Waals surface area contributed by atoms with Gasteiger partial charge in [0.05, 0.1) is 5.56 Å². The van der Waals surface area contributed by atoms with Gasteiger partial charge in [-0.3, -0.25) is 4.79 Å². The van der Waals surface area contributed by atoms with Gasteiger partial charge in [-0.2, -0.15) is 0 Å². The Hall–Kier alpha value is -2.40. The van der Waals surface area contributed by atoms with E-state index >= 15 is 0 Å². The van der Waals surface area contributed by atoms with E-state index < -0.39 is 0 Å². The number of anilines is 1. The van der Waals surface area contributed by atoms with Crippen LogP contribution in [-0.4, -0.2) is 17.5 Å². The molecule has 0 bridgehead atoms. The van der Waals surface area contributed by atoms with Crippen molar-refractivity contribution < 1.29 is 9.53 Å². The lowest BCUT2D eigenvalue weighted by Crippen LogP contribution is -2.21. The van der Waals surface area contributed by atoms with Crippen molar-refractivity contribution in [3.05, 3.63) is 59.7 Å². The Bertz CT molecular complexity index is 671. The van der Waals surface area contributed by atoms with Crippen molar-refractivity contribution in [2.75, 3.05) is 11.9 Å². The van der Waals surface area contributed by atoms with Crippen LogP contribution in [0, 0.1) is 6.92 Å². The van der Waals surface area contributed by atoms with Crippen molar-refractivity contribution in [2.45, 2.75) is 6.92 Å². The van der Waals surface area contributed by atoms with Crippen LogP contribution >= 0.6 is 12.2 Å². The van der Waals surface area contributed by atoms with Crippen molar-refractivity contribution >= 4 is 28.8 Å². The second-order valence-corrected chi connectivity index (χ2v) is 4.95. The zero-order chi connectivity index (χ0) is 15.2. The van der Waals surface area contributed by atoms with Crippen molar-refractivity contribution in [1.82, 2.24) is 0 Å². The Labute approximate surface area is 128 Å². The third kappa shape index (κ3) is 4.03. The van der Waals surface area contributed by atoms with Gasteiger partial charge < -0.3 is 15.8 Å². The van der Waals surface area contributed by atoms with Crippen LogP contribution in [0.5, 0.6) is 5.75 Å². The number of nitrogens with one attached hydrogen (secondary N) is 1. The summed E-state index contributed by atoms with van der Waals surface area (Å²) in [4.78, 5) is 12.2. The van der Waals surface area contributed by atoms with Gasteiger partial charge in [0.1, 0.15) is 10.7 Å². The molecule has 0 atom stereocenters. The van der Waals surface area contributed by atoms with Gasteiger partial charge >= 0.3 is 0 Å². The van der Waals surface area contributed by atoms with Crippen molar-refractivity contribution in [3.63, 3.8) is 0 Å². The molecule has 0 aromatic heterocycles. The molecular formula is C16H16N2O2S. The van der Waals surface area contributed by atoms with E-state index in [9.17, 15) is 4.79 Å². The summed E-state index contributed by atoms with van der Waals surface area (Å²) in [6.45, 7) is 1.83. The summed E-state index contributed by atoms with van der Waals surface area (Å²) >= 11 is 4.95. The molecule has 0 heterocycles. The smallest absolute Gasteiger partial charge is 0.262 e. The number of thiocarbonyl (C=S) groups is 1. The predicted octanol–water partition coefficient (Wildman–Crippen LogP) is 2.65. The van der Waals surface area contributed by atoms with Crippen LogP contribution in [0.4, 0.5) is 5.69 Å². The topological polar surface area (TPSA) is 64.3 Å². The fraction of sp³-hybridized carbons (Fsp3) is 0.125. The van der Waals surface area contributed by atoms with Gasteiger partial charge in [-0.25, -0.2) is 0 Å². The van der Waals surface area contributed by atoms with Gasteiger partial charge in [-0.15, -0.1) is 0 Å². The first-order valence-corrected chi connectivity index (χ1v) is 6.86.